The third kappa shape index (κ3) is 5.21. The zero-order valence-corrected chi connectivity index (χ0v) is 13.3. The number of benzene rings is 1. The topological polar surface area (TPSA) is 97.1 Å². The lowest BCUT2D eigenvalue weighted by atomic mass is 10.1. The Hall–Kier alpha value is -2.70. The van der Waals surface area contributed by atoms with Gasteiger partial charge in [-0.15, -0.1) is 0 Å². The number of aromatic nitrogens is 2. The zero-order chi connectivity index (χ0) is 16.7. The number of nitrogens with one attached hydrogen (secondary N) is 2. The van der Waals surface area contributed by atoms with E-state index in [0.717, 1.165) is 6.42 Å². The van der Waals surface area contributed by atoms with Crippen LogP contribution < -0.4 is 10.6 Å². The molecule has 7 nitrogen and oxygen atoms in total. The van der Waals surface area contributed by atoms with Gasteiger partial charge in [0.1, 0.15) is 0 Å². The maximum absolute atomic E-state index is 11.8. The molecule has 0 unspecified atom stereocenters. The Balaban J connectivity index is 1.70. The van der Waals surface area contributed by atoms with Crippen molar-refractivity contribution < 1.29 is 14.1 Å². The summed E-state index contributed by atoms with van der Waals surface area (Å²) in [6.07, 6.45) is 2.10. The fraction of sp³-hybridized carbons (Fsp3) is 0.375. The summed E-state index contributed by atoms with van der Waals surface area (Å²) in [5.74, 6) is -0.233. The summed E-state index contributed by atoms with van der Waals surface area (Å²) < 4.78 is 4.96. The SMILES string of the molecule is CCc1ccc(NC(=O)C(=O)NCCCc2nc(C)no2)cc1. The lowest BCUT2D eigenvalue weighted by molar-refractivity contribution is -0.136. The summed E-state index contributed by atoms with van der Waals surface area (Å²) in [5.41, 5.74) is 1.77. The molecule has 1 heterocycles. The average molecular weight is 316 g/mol. The van der Waals surface area contributed by atoms with E-state index >= 15 is 0 Å². The molecule has 0 saturated carbocycles. The first-order chi connectivity index (χ1) is 11.1. The van der Waals surface area contributed by atoms with Gasteiger partial charge in [-0.05, 0) is 37.5 Å². The van der Waals surface area contributed by atoms with Crippen molar-refractivity contribution in [2.24, 2.45) is 0 Å². The molecule has 0 aliphatic carbocycles. The summed E-state index contributed by atoms with van der Waals surface area (Å²) >= 11 is 0. The molecular formula is C16H20N4O3. The zero-order valence-electron chi connectivity index (χ0n) is 13.3. The first kappa shape index (κ1) is 16.7. The Kier molecular flexibility index (Phi) is 5.85. The van der Waals surface area contributed by atoms with Crippen molar-refractivity contribution in [1.82, 2.24) is 15.5 Å². The highest BCUT2D eigenvalue weighted by Crippen LogP contribution is 2.09. The van der Waals surface area contributed by atoms with Gasteiger partial charge in [0.25, 0.3) is 0 Å². The normalized spacial score (nSPS) is 10.3. The van der Waals surface area contributed by atoms with Crippen LogP contribution in [0.5, 0.6) is 0 Å². The average Bonchev–Trinajstić information content (AvgIpc) is 2.97. The summed E-state index contributed by atoms with van der Waals surface area (Å²) in [5, 5.41) is 8.80. The predicted octanol–water partition coefficient (Wildman–Crippen LogP) is 1.63. The van der Waals surface area contributed by atoms with Crippen LogP contribution in [0.25, 0.3) is 0 Å². The van der Waals surface area contributed by atoms with E-state index in [1.165, 1.54) is 5.56 Å². The molecule has 2 N–H and O–H groups in total. The van der Waals surface area contributed by atoms with Crippen LogP contribution >= 0.6 is 0 Å². The van der Waals surface area contributed by atoms with Crippen molar-refractivity contribution in [3.8, 4) is 0 Å². The Morgan fingerprint density at radius 1 is 1.17 bits per heavy atom. The predicted molar refractivity (Wildman–Crippen MR) is 84.8 cm³/mol. The summed E-state index contributed by atoms with van der Waals surface area (Å²) in [6, 6.07) is 7.39. The maximum atomic E-state index is 11.8. The Bertz CT molecular complexity index is 664. The van der Waals surface area contributed by atoms with Gasteiger partial charge in [0.2, 0.25) is 5.89 Å². The van der Waals surface area contributed by atoms with Crippen LogP contribution in [0.2, 0.25) is 0 Å². The van der Waals surface area contributed by atoms with Gasteiger partial charge in [-0.1, -0.05) is 24.2 Å². The minimum Gasteiger partial charge on any atom is -0.348 e. The van der Waals surface area contributed by atoms with Crippen LogP contribution in [-0.2, 0) is 22.4 Å². The van der Waals surface area contributed by atoms with E-state index in [0.29, 0.717) is 36.8 Å². The number of hydrogen-bond acceptors (Lipinski definition) is 5. The number of aryl methyl sites for hydroxylation is 3. The number of carbonyl (C=O) groups excluding carboxylic acids is 2. The number of hydrogen-bond donors (Lipinski definition) is 2. The van der Waals surface area contributed by atoms with E-state index in [4.69, 9.17) is 4.52 Å². The van der Waals surface area contributed by atoms with E-state index in [-0.39, 0.29) is 0 Å². The van der Waals surface area contributed by atoms with Gasteiger partial charge < -0.3 is 15.2 Å². The molecule has 1 aromatic carbocycles. The maximum Gasteiger partial charge on any atom is 0.313 e. The van der Waals surface area contributed by atoms with E-state index in [1.807, 2.05) is 12.1 Å². The fourth-order valence-electron chi connectivity index (χ4n) is 1.98. The number of rotatable bonds is 6. The van der Waals surface area contributed by atoms with Crippen LogP contribution in [0.4, 0.5) is 5.69 Å². The third-order valence-corrected chi connectivity index (χ3v) is 3.25. The molecule has 0 atom stereocenters. The third-order valence-electron chi connectivity index (χ3n) is 3.25. The lowest BCUT2D eigenvalue weighted by Crippen LogP contribution is -2.36. The Labute approximate surface area is 134 Å². The van der Waals surface area contributed by atoms with Gasteiger partial charge in [-0.3, -0.25) is 9.59 Å². The molecule has 0 bridgehead atoms. The number of nitrogens with zero attached hydrogens (tertiary/aromatic N) is 2. The number of amides is 2. The lowest BCUT2D eigenvalue weighted by Gasteiger charge is -2.06. The van der Waals surface area contributed by atoms with Crippen molar-refractivity contribution in [2.45, 2.75) is 33.1 Å². The fourth-order valence-corrected chi connectivity index (χ4v) is 1.98. The first-order valence-corrected chi connectivity index (χ1v) is 7.55. The van der Waals surface area contributed by atoms with Crippen LogP contribution in [0.15, 0.2) is 28.8 Å². The summed E-state index contributed by atoms with van der Waals surface area (Å²) in [7, 11) is 0. The Morgan fingerprint density at radius 3 is 2.52 bits per heavy atom. The monoisotopic (exact) mass is 316 g/mol. The summed E-state index contributed by atoms with van der Waals surface area (Å²) in [6.45, 7) is 4.16. The minimum atomic E-state index is -0.678. The van der Waals surface area contributed by atoms with Crippen molar-refractivity contribution in [3.05, 3.63) is 41.5 Å². The highest BCUT2D eigenvalue weighted by molar-refractivity contribution is 6.39. The van der Waals surface area contributed by atoms with E-state index < -0.39 is 11.8 Å². The quantitative estimate of drug-likeness (QED) is 0.623. The van der Waals surface area contributed by atoms with Gasteiger partial charge in [0, 0.05) is 18.7 Å². The smallest absolute Gasteiger partial charge is 0.313 e. The molecule has 23 heavy (non-hydrogen) atoms. The standard InChI is InChI=1S/C16H20N4O3/c1-3-12-6-8-13(9-7-12)19-16(22)15(21)17-10-4-5-14-18-11(2)20-23-14/h6-9H,3-5,10H2,1-2H3,(H,17,21)(H,19,22). The highest BCUT2D eigenvalue weighted by atomic mass is 16.5. The highest BCUT2D eigenvalue weighted by Gasteiger charge is 2.13. The molecule has 0 spiro atoms. The van der Waals surface area contributed by atoms with E-state index in [9.17, 15) is 9.59 Å². The molecule has 7 heteroatoms. The van der Waals surface area contributed by atoms with Crippen LogP contribution in [0, 0.1) is 6.92 Å². The Morgan fingerprint density at radius 2 is 1.91 bits per heavy atom. The second-order valence-electron chi connectivity index (χ2n) is 5.10. The van der Waals surface area contributed by atoms with Gasteiger partial charge in [0.05, 0.1) is 0 Å². The first-order valence-electron chi connectivity index (χ1n) is 7.55. The van der Waals surface area contributed by atoms with E-state index in [1.54, 1.807) is 19.1 Å². The number of carbonyl (C=O) groups is 2. The molecular weight excluding hydrogens is 296 g/mol. The molecule has 2 amide bonds. The van der Waals surface area contributed by atoms with Crippen LogP contribution in [0.3, 0.4) is 0 Å². The molecule has 2 rings (SSSR count). The molecule has 0 fully saturated rings. The second kappa shape index (κ2) is 8.07. The molecule has 0 aliphatic heterocycles. The molecule has 122 valence electrons. The van der Waals surface area contributed by atoms with Crippen molar-refractivity contribution in [2.75, 3.05) is 11.9 Å². The van der Waals surface area contributed by atoms with Crippen LogP contribution in [0.1, 0.15) is 30.6 Å². The van der Waals surface area contributed by atoms with Gasteiger partial charge in [-0.2, -0.15) is 4.98 Å². The second-order valence-corrected chi connectivity index (χ2v) is 5.10. The molecule has 1 aromatic heterocycles. The van der Waals surface area contributed by atoms with Gasteiger partial charge >= 0.3 is 11.8 Å². The van der Waals surface area contributed by atoms with E-state index in [2.05, 4.69) is 27.7 Å². The molecule has 0 radical (unpaired) electrons. The molecule has 0 saturated heterocycles. The van der Waals surface area contributed by atoms with Gasteiger partial charge in [0.15, 0.2) is 5.82 Å². The van der Waals surface area contributed by atoms with Crippen molar-refractivity contribution in [1.29, 1.82) is 0 Å². The minimum absolute atomic E-state index is 0.364. The van der Waals surface area contributed by atoms with Crippen molar-refractivity contribution in [3.63, 3.8) is 0 Å². The number of anilines is 1. The summed E-state index contributed by atoms with van der Waals surface area (Å²) in [4.78, 5) is 27.5. The van der Waals surface area contributed by atoms with Crippen molar-refractivity contribution >= 4 is 17.5 Å². The van der Waals surface area contributed by atoms with Gasteiger partial charge in [-0.25, -0.2) is 0 Å². The molecule has 0 aliphatic rings. The largest absolute Gasteiger partial charge is 0.348 e. The van der Waals surface area contributed by atoms with Crippen LogP contribution in [-0.4, -0.2) is 28.5 Å². The molecule has 2 aromatic rings.